The zero-order chi connectivity index (χ0) is 10.8. The molecule has 2 rings (SSSR count). The fraction of sp³-hybridized carbons (Fsp3) is 0.600. The molecule has 15 heavy (non-hydrogen) atoms. The average Bonchev–Trinajstić information content (AvgIpc) is 2.86. The van der Waals surface area contributed by atoms with E-state index in [0.29, 0.717) is 18.0 Å². The first-order chi connectivity index (χ1) is 7.22. The van der Waals surface area contributed by atoms with Gasteiger partial charge in [-0.15, -0.1) is 0 Å². The molecule has 4 nitrogen and oxygen atoms in total. The van der Waals surface area contributed by atoms with Gasteiger partial charge in [0.1, 0.15) is 0 Å². The van der Waals surface area contributed by atoms with Gasteiger partial charge < -0.3 is 9.52 Å². The maximum atomic E-state index is 11.0. The van der Waals surface area contributed by atoms with Gasteiger partial charge in [-0.05, 0) is 12.2 Å². The fourth-order valence-electron chi connectivity index (χ4n) is 1.71. The molecule has 0 bridgehead atoms. The lowest BCUT2D eigenvalue weighted by atomic mass is 10.0. The lowest BCUT2D eigenvalue weighted by Crippen LogP contribution is -2.05. The van der Waals surface area contributed by atoms with E-state index in [1.165, 1.54) is 0 Å². The van der Waals surface area contributed by atoms with Gasteiger partial charge in [0.15, 0.2) is 5.89 Å². The molecule has 1 fully saturated rings. The van der Waals surface area contributed by atoms with Crippen LogP contribution in [-0.2, 0) is 6.42 Å². The van der Waals surface area contributed by atoms with E-state index >= 15 is 0 Å². The van der Waals surface area contributed by atoms with Crippen LogP contribution >= 0.6 is 11.8 Å². The number of oxazole rings is 1. The maximum Gasteiger partial charge on any atom is 0.373 e. The molecule has 1 aliphatic heterocycles. The first kappa shape index (κ1) is 10.5. The number of carboxylic acids is 1. The van der Waals surface area contributed by atoms with Crippen molar-refractivity contribution in [3.8, 4) is 0 Å². The summed E-state index contributed by atoms with van der Waals surface area (Å²) < 4.78 is 5.22. The Morgan fingerprint density at radius 2 is 2.53 bits per heavy atom. The van der Waals surface area contributed by atoms with E-state index in [1.807, 2.05) is 18.7 Å². The van der Waals surface area contributed by atoms with Crippen LogP contribution < -0.4 is 0 Å². The number of nitrogens with zero attached hydrogens (tertiary/aromatic N) is 1. The molecule has 1 aliphatic rings. The molecule has 1 saturated heterocycles. The minimum Gasteiger partial charge on any atom is -0.475 e. The fourth-order valence-corrected chi connectivity index (χ4v) is 2.94. The van der Waals surface area contributed by atoms with E-state index in [4.69, 9.17) is 9.52 Å². The van der Waals surface area contributed by atoms with Crippen LogP contribution in [-0.4, -0.2) is 27.6 Å². The first-order valence-electron chi connectivity index (χ1n) is 5.03. The summed E-state index contributed by atoms with van der Waals surface area (Å²) in [5, 5.41) is 8.99. The molecular formula is C10H13NO3S. The summed E-state index contributed by atoms with van der Waals surface area (Å²) in [6, 6.07) is 0. The molecular weight excluding hydrogens is 214 g/mol. The van der Waals surface area contributed by atoms with Gasteiger partial charge >= 0.3 is 5.97 Å². The highest BCUT2D eigenvalue weighted by Gasteiger charge is 2.28. The first-order valence-corrected chi connectivity index (χ1v) is 6.18. The van der Waals surface area contributed by atoms with Crippen LogP contribution in [0, 0.1) is 0 Å². The van der Waals surface area contributed by atoms with Crippen molar-refractivity contribution in [2.75, 3.05) is 11.5 Å². The van der Waals surface area contributed by atoms with Crippen LogP contribution in [0.4, 0.5) is 0 Å². The van der Waals surface area contributed by atoms with E-state index in [2.05, 4.69) is 4.98 Å². The molecule has 0 saturated carbocycles. The molecule has 0 amide bonds. The Kier molecular flexibility index (Phi) is 3.00. The summed E-state index contributed by atoms with van der Waals surface area (Å²) in [6.07, 6.45) is 1.64. The molecule has 1 N–H and O–H groups in total. The van der Waals surface area contributed by atoms with Gasteiger partial charge in [-0.3, -0.25) is 0 Å². The van der Waals surface area contributed by atoms with Crippen LogP contribution in [0.15, 0.2) is 4.42 Å². The molecule has 0 spiro atoms. The Morgan fingerprint density at radius 3 is 3.07 bits per heavy atom. The molecule has 0 aromatic carbocycles. The van der Waals surface area contributed by atoms with Gasteiger partial charge in [-0.1, -0.05) is 6.92 Å². The minimum absolute atomic E-state index is 0.0411. The lowest BCUT2D eigenvalue weighted by molar-refractivity contribution is 0.0658. The molecule has 5 heteroatoms. The van der Waals surface area contributed by atoms with Gasteiger partial charge in [0.05, 0.1) is 5.69 Å². The predicted octanol–water partition coefficient (Wildman–Crippen LogP) is 2.16. The Morgan fingerprint density at radius 1 is 1.73 bits per heavy atom. The van der Waals surface area contributed by atoms with Crippen LogP contribution in [0.2, 0.25) is 0 Å². The molecule has 0 aliphatic carbocycles. The third-order valence-electron chi connectivity index (χ3n) is 2.51. The number of rotatable bonds is 3. The lowest BCUT2D eigenvalue weighted by Gasteiger charge is -2.03. The molecule has 1 unspecified atom stereocenters. The maximum absolute atomic E-state index is 11.0. The summed E-state index contributed by atoms with van der Waals surface area (Å²) in [5.41, 5.74) is 0.643. The van der Waals surface area contributed by atoms with Crippen molar-refractivity contribution in [1.82, 2.24) is 4.98 Å². The van der Waals surface area contributed by atoms with Gasteiger partial charge in [0, 0.05) is 18.1 Å². The van der Waals surface area contributed by atoms with E-state index in [9.17, 15) is 4.79 Å². The Labute approximate surface area is 92.1 Å². The van der Waals surface area contributed by atoms with Crippen LogP contribution in [0.1, 0.15) is 41.4 Å². The number of aromatic carboxylic acids is 1. The van der Waals surface area contributed by atoms with Crippen molar-refractivity contribution in [3.63, 3.8) is 0 Å². The normalized spacial score (nSPS) is 20.7. The number of aromatic nitrogens is 1. The number of thioether (sulfide) groups is 1. The molecule has 1 atom stereocenters. The monoisotopic (exact) mass is 227 g/mol. The quantitative estimate of drug-likeness (QED) is 0.857. The number of aryl methyl sites for hydroxylation is 1. The summed E-state index contributed by atoms with van der Waals surface area (Å²) in [5.74, 6) is 1.85. The highest BCUT2D eigenvalue weighted by molar-refractivity contribution is 7.99. The molecule has 1 aromatic rings. The topological polar surface area (TPSA) is 63.3 Å². The second kappa shape index (κ2) is 4.26. The Hall–Kier alpha value is -0.970. The standard InChI is InChI=1S/C10H13NO3S/c1-2-7-11-8(6-3-4-15-5-6)9(14-7)10(12)13/h6H,2-5H2,1H3,(H,12,13). The van der Waals surface area contributed by atoms with Crippen molar-refractivity contribution in [3.05, 3.63) is 17.3 Å². The van der Waals surface area contributed by atoms with Crippen molar-refractivity contribution < 1.29 is 14.3 Å². The Balaban J connectivity index is 2.34. The van der Waals surface area contributed by atoms with Crippen LogP contribution in [0.3, 0.4) is 0 Å². The van der Waals surface area contributed by atoms with Crippen LogP contribution in [0.5, 0.6) is 0 Å². The van der Waals surface area contributed by atoms with Crippen molar-refractivity contribution in [2.24, 2.45) is 0 Å². The van der Waals surface area contributed by atoms with Crippen molar-refractivity contribution >= 4 is 17.7 Å². The number of carbonyl (C=O) groups is 1. The average molecular weight is 227 g/mol. The van der Waals surface area contributed by atoms with E-state index in [0.717, 1.165) is 17.9 Å². The van der Waals surface area contributed by atoms with Gasteiger partial charge in [-0.2, -0.15) is 11.8 Å². The van der Waals surface area contributed by atoms with E-state index in [1.54, 1.807) is 0 Å². The number of carboxylic acid groups (broad SMARTS) is 1. The molecule has 2 heterocycles. The summed E-state index contributed by atoms with van der Waals surface area (Å²) in [6.45, 7) is 1.91. The summed E-state index contributed by atoms with van der Waals surface area (Å²) in [7, 11) is 0. The number of hydrogen-bond acceptors (Lipinski definition) is 4. The van der Waals surface area contributed by atoms with Gasteiger partial charge in [0.25, 0.3) is 0 Å². The highest BCUT2D eigenvalue weighted by Crippen LogP contribution is 2.34. The molecule has 1 aromatic heterocycles. The second-order valence-electron chi connectivity index (χ2n) is 3.54. The molecule has 0 radical (unpaired) electrons. The van der Waals surface area contributed by atoms with Crippen LogP contribution in [0.25, 0.3) is 0 Å². The Bertz CT molecular complexity index is 369. The smallest absolute Gasteiger partial charge is 0.373 e. The number of hydrogen-bond donors (Lipinski definition) is 1. The van der Waals surface area contributed by atoms with E-state index < -0.39 is 5.97 Å². The minimum atomic E-state index is -1.01. The van der Waals surface area contributed by atoms with Gasteiger partial charge in [-0.25, -0.2) is 9.78 Å². The third-order valence-corrected chi connectivity index (χ3v) is 3.67. The zero-order valence-corrected chi connectivity index (χ0v) is 9.34. The highest BCUT2D eigenvalue weighted by atomic mass is 32.2. The van der Waals surface area contributed by atoms with E-state index in [-0.39, 0.29) is 11.7 Å². The summed E-state index contributed by atoms with van der Waals surface area (Å²) in [4.78, 5) is 15.2. The van der Waals surface area contributed by atoms with Crippen molar-refractivity contribution in [2.45, 2.75) is 25.7 Å². The largest absolute Gasteiger partial charge is 0.475 e. The van der Waals surface area contributed by atoms with Crippen molar-refractivity contribution in [1.29, 1.82) is 0 Å². The SMILES string of the molecule is CCc1nc(C2CCSC2)c(C(=O)O)o1. The second-order valence-corrected chi connectivity index (χ2v) is 4.69. The van der Waals surface area contributed by atoms with Gasteiger partial charge in [0.2, 0.25) is 5.76 Å². The summed E-state index contributed by atoms with van der Waals surface area (Å²) >= 11 is 1.84. The zero-order valence-electron chi connectivity index (χ0n) is 8.52. The molecule has 82 valence electrons. The predicted molar refractivity (Wildman–Crippen MR) is 57.5 cm³/mol. The third kappa shape index (κ3) is 2.02.